The van der Waals surface area contributed by atoms with Gasteiger partial charge in [-0.25, -0.2) is 4.98 Å². The number of aromatic nitrogens is 2. The van der Waals surface area contributed by atoms with Gasteiger partial charge < -0.3 is 5.11 Å². The maximum absolute atomic E-state index is 11.2. The van der Waals surface area contributed by atoms with Crippen LogP contribution in [0.5, 0.6) is 0 Å². The molecule has 3 nitrogen and oxygen atoms in total. The monoisotopic (exact) mass is 352 g/mol. The lowest BCUT2D eigenvalue weighted by molar-refractivity contribution is 0.0760. The summed E-state index contributed by atoms with van der Waals surface area (Å²) < 4.78 is 2.15. The highest BCUT2D eigenvalue weighted by atomic mass is 32.1. The topological polar surface area (TPSA) is 37.5 Å². The number of nitrogens with zero attached hydrogens (tertiary/aromatic N) is 2. The first kappa shape index (κ1) is 15.6. The number of thiazole rings is 1. The average Bonchev–Trinajstić information content (AvgIpc) is 3.30. The van der Waals surface area contributed by atoms with Gasteiger partial charge in [0.2, 0.25) is 0 Å². The Hall–Kier alpha value is -1.65. The second kappa shape index (κ2) is 6.26. The molecule has 0 spiro atoms. The molecule has 0 aliphatic heterocycles. The lowest BCUT2D eigenvalue weighted by atomic mass is 9.76. The molecule has 5 rings (SSSR count). The fourth-order valence-electron chi connectivity index (χ4n) is 4.47. The number of aliphatic hydroxyl groups is 1. The van der Waals surface area contributed by atoms with Gasteiger partial charge in [-0.1, -0.05) is 30.3 Å². The third kappa shape index (κ3) is 2.81. The Morgan fingerprint density at radius 1 is 1.00 bits per heavy atom. The predicted octanol–water partition coefficient (Wildman–Crippen LogP) is 5.28. The van der Waals surface area contributed by atoms with Gasteiger partial charge in [0.05, 0.1) is 18.0 Å². The van der Waals surface area contributed by atoms with Gasteiger partial charge in [-0.05, 0) is 61.8 Å². The fraction of sp³-hybridized carbons (Fsp3) is 0.476. The summed E-state index contributed by atoms with van der Waals surface area (Å²) >= 11 is 1.83. The molecule has 2 aliphatic carbocycles. The van der Waals surface area contributed by atoms with E-state index in [1.165, 1.54) is 41.0 Å². The third-order valence-electron chi connectivity index (χ3n) is 6.05. The molecule has 0 saturated heterocycles. The van der Waals surface area contributed by atoms with Gasteiger partial charge in [0.15, 0.2) is 0 Å². The summed E-state index contributed by atoms with van der Waals surface area (Å²) in [6.07, 6.45) is 10.6. The first-order chi connectivity index (χ1) is 12.3. The van der Waals surface area contributed by atoms with Crippen molar-refractivity contribution in [3.8, 4) is 0 Å². The van der Waals surface area contributed by atoms with E-state index >= 15 is 0 Å². The van der Waals surface area contributed by atoms with Crippen LogP contribution in [0.1, 0.15) is 72.6 Å². The number of hydrogen-bond donors (Lipinski definition) is 1. The molecule has 0 radical (unpaired) electrons. The molecule has 1 N–H and O–H groups in total. The molecular formula is C21H24N2OS. The smallest absolute Gasteiger partial charge is 0.120 e. The number of fused-ring (bicyclic) bond motifs is 1. The molecule has 1 aromatic carbocycles. The Bertz CT molecular complexity index is 857. The van der Waals surface area contributed by atoms with E-state index in [1.54, 1.807) is 0 Å². The van der Waals surface area contributed by atoms with E-state index in [0.29, 0.717) is 17.8 Å². The summed E-state index contributed by atoms with van der Waals surface area (Å²) in [4.78, 5) is 6.87. The van der Waals surface area contributed by atoms with Gasteiger partial charge >= 0.3 is 0 Å². The Labute approximate surface area is 152 Å². The van der Waals surface area contributed by atoms with Gasteiger partial charge in [0, 0.05) is 4.88 Å². The number of imidazole rings is 1. The molecule has 2 heterocycles. The summed E-state index contributed by atoms with van der Waals surface area (Å²) in [5.41, 5.74) is 2.60. The highest BCUT2D eigenvalue weighted by Gasteiger charge is 2.36. The maximum atomic E-state index is 11.2. The number of benzene rings is 1. The summed E-state index contributed by atoms with van der Waals surface area (Å²) in [6, 6.07) is 10.9. The second-order valence-electron chi connectivity index (χ2n) is 7.69. The normalized spacial score (nSPS) is 25.3. The molecule has 1 unspecified atom stereocenters. The van der Waals surface area contributed by atoms with Crippen molar-refractivity contribution in [2.24, 2.45) is 5.92 Å². The van der Waals surface area contributed by atoms with Crippen LogP contribution in [0.4, 0.5) is 0 Å². The predicted molar refractivity (Wildman–Crippen MR) is 101 cm³/mol. The Morgan fingerprint density at radius 3 is 2.44 bits per heavy atom. The highest BCUT2D eigenvalue weighted by molar-refractivity contribution is 7.17. The molecular weight excluding hydrogens is 328 g/mol. The first-order valence-electron chi connectivity index (χ1n) is 9.49. The van der Waals surface area contributed by atoms with E-state index in [-0.39, 0.29) is 6.10 Å². The summed E-state index contributed by atoms with van der Waals surface area (Å²) in [7, 11) is 0. The van der Waals surface area contributed by atoms with Gasteiger partial charge in [-0.15, -0.1) is 11.3 Å². The van der Waals surface area contributed by atoms with Crippen LogP contribution in [0.3, 0.4) is 0 Å². The van der Waals surface area contributed by atoms with Crippen LogP contribution < -0.4 is 0 Å². The molecule has 3 aromatic rings. The molecule has 2 fully saturated rings. The lowest BCUT2D eigenvalue weighted by Crippen LogP contribution is -2.21. The number of hydrogen-bond acceptors (Lipinski definition) is 3. The molecule has 4 heteroatoms. The van der Waals surface area contributed by atoms with Crippen molar-refractivity contribution in [1.29, 1.82) is 0 Å². The van der Waals surface area contributed by atoms with Crippen molar-refractivity contribution >= 4 is 16.2 Å². The van der Waals surface area contributed by atoms with Crippen LogP contribution >= 0.6 is 11.3 Å². The number of aliphatic hydroxyl groups excluding tert-OH is 1. The van der Waals surface area contributed by atoms with Crippen molar-refractivity contribution in [1.82, 2.24) is 9.38 Å². The highest BCUT2D eigenvalue weighted by Crippen LogP contribution is 2.49. The van der Waals surface area contributed by atoms with Crippen LogP contribution in [0.2, 0.25) is 0 Å². The Balaban J connectivity index is 1.36. The van der Waals surface area contributed by atoms with Crippen LogP contribution in [0, 0.1) is 5.92 Å². The van der Waals surface area contributed by atoms with E-state index in [2.05, 4.69) is 39.7 Å². The number of rotatable bonds is 4. The minimum Gasteiger partial charge on any atom is -0.387 e. The van der Waals surface area contributed by atoms with Crippen LogP contribution in [0.25, 0.3) is 4.83 Å². The Kier molecular flexibility index (Phi) is 3.90. The zero-order chi connectivity index (χ0) is 16.8. The maximum Gasteiger partial charge on any atom is 0.120 e. The van der Waals surface area contributed by atoms with Crippen molar-refractivity contribution in [2.75, 3.05) is 0 Å². The lowest BCUT2D eigenvalue weighted by Gasteiger charge is -2.32. The zero-order valence-electron chi connectivity index (χ0n) is 14.3. The quantitative estimate of drug-likeness (QED) is 0.693. The van der Waals surface area contributed by atoms with Gasteiger partial charge in [0.1, 0.15) is 11.2 Å². The van der Waals surface area contributed by atoms with Crippen molar-refractivity contribution in [2.45, 2.75) is 56.5 Å². The third-order valence-corrected chi connectivity index (χ3v) is 7.32. The van der Waals surface area contributed by atoms with Crippen LogP contribution in [-0.2, 0) is 0 Å². The van der Waals surface area contributed by atoms with Crippen molar-refractivity contribution in [3.63, 3.8) is 0 Å². The average molecular weight is 353 g/mol. The van der Waals surface area contributed by atoms with E-state index in [4.69, 9.17) is 0 Å². The largest absolute Gasteiger partial charge is 0.387 e. The van der Waals surface area contributed by atoms with Crippen molar-refractivity contribution in [3.05, 3.63) is 59.0 Å². The summed E-state index contributed by atoms with van der Waals surface area (Å²) in [6.45, 7) is 0. The van der Waals surface area contributed by atoms with Gasteiger partial charge in [0.25, 0.3) is 0 Å². The SMILES string of the molecule is OC(c1c(C2CC2)sc2cncn12)C1CCC(c2ccccc2)CC1. The molecule has 25 heavy (non-hydrogen) atoms. The molecule has 2 aromatic heterocycles. The zero-order valence-corrected chi connectivity index (χ0v) is 15.2. The van der Waals surface area contributed by atoms with Gasteiger partial charge in [-0.3, -0.25) is 4.40 Å². The minimum absolute atomic E-state index is 0.352. The fourth-order valence-corrected chi connectivity index (χ4v) is 5.77. The molecule has 130 valence electrons. The minimum atomic E-state index is -0.352. The van der Waals surface area contributed by atoms with E-state index in [1.807, 2.05) is 23.9 Å². The van der Waals surface area contributed by atoms with E-state index in [0.717, 1.165) is 18.5 Å². The first-order valence-corrected chi connectivity index (χ1v) is 10.3. The Morgan fingerprint density at radius 2 is 1.72 bits per heavy atom. The van der Waals surface area contributed by atoms with Crippen molar-refractivity contribution < 1.29 is 5.11 Å². The van der Waals surface area contributed by atoms with E-state index < -0.39 is 0 Å². The summed E-state index contributed by atoms with van der Waals surface area (Å²) in [5.74, 6) is 1.70. The molecule has 2 saturated carbocycles. The molecule has 0 amide bonds. The molecule has 1 atom stereocenters. The second-order valence-corrected chi connectivity index (χ2v) is 8.76. The molecule has 0 bridgehead atoms. The van der Waals surface area contributed by atoms with E-state index in [9.17, 15) is 5.11 Å². The van der Waals surface area contributed by atoms with Crippen LogP contribution in [0.15, 0.2) is 42.9 Å². The van der Waals surface area contributed by atoms with Crippen LogP contribution in [-0.4, -0.2) is 14.5 Å². The van der Waals surface area contributed by atoms with Gasteiger partial charge in [-0.2, -0.15) is 0 Å². The molecule has 2 aliphatic rings. The summed E-state index contributed by atoms with van der Waals surface area (Å²) in [5, 5.41) is 11.2. The standard InChI is InChI=1S/C21H24N2OS/c24-20(16-8-6-15(7-9-16)14-4-2-1-3-5-14)19-21(17-10-11-17)25-18-12-22-13-23(18)19/h1-5,12-13,15-17,20,24H,6-11H2.